The number of carboxylic acids is 1. The minimum Gasteiger partial charge on any atom is -0.496 e. The van der Waals surface area contributed by atoms with Crippen molar-refractivity contribution in [1.29, 1.82) is 0 Å². The van der Waals surface area contributed by atoms with E-state index in [0.29, 0.717) is 24.2 Å². The summed E-state index contributed by atoms with van der Waals surface area (Å²) in [6.07, 6.45) is 3.54. The highest BCUT2D eigenvalue weighted by molar-refractivity contribution is 5.84. The Labute approximate surface area is 117 Å². The number of aliphatic carboxylic acids is 1. The van der Waals surface area contributed by atoms with E-state index in [0.717, 1.165) is 19.3 Å². The molecule has 110 valence electrons. The molecule has 0 amide bonds. The zero-order valence-electron chi connectivity index (χ0n) is 11.7. The van der Waals surface area contributed by atoms with Crippen LogP contribution in [0, 0.1) is 5.82 Å². The number of benzene rings is 1. The Balaban J connectivity index is 2.69. The summed E-state index contributed by atoms with van der Waals surface area (Å²) in [6, 6.07) is 2.70. The van der Waals surface area contributed by atoms with Crippen molar-refractivity contribution >= 4 is 5.97 Å². The van der Waals surface area contributed by atoms with Crippen LogP contribution in [0.3, 0.4) is 0 Å². The van der Waals surface area contributed by atoms with E-state index in [1.807, 2.05) is 0 Å². The third-order valence-corrected chi connectivity index (χ3v) is 4.09. The predicted molar refractivity (Wildman–Crippen MR) is 71.9 cm³/mol. The van der Waals surface area contributed by atoms with Gasteiger partial charge in [0.1, 0.15) is 11.2 Å². The van der Waals surface area contributed by atoms with Gasteiger partial charge in [-0.15, -0.1) is 0 Å². The van der Waals surface area contributed by atoms with Gasteiger partial charge in [0, 0.05) is 0 Å². The molecule has 2 rings (SSSR count). The number of ether oxygens (including phenoxy) is 2. The van der Waals surface area contributed by atoms with E-state index >= 15 is 0 Å². The third-order valence-electron chi connectivity index (χ3n) is 4.09. The van der Waals surface area contributed by atoms with Crippen molar-refractivity contribution in [1.82, 2.24) is 0 Å². The average Bonchev–Trinajstić information content (AvgIpc) is 2.47. The van der Waals surface area contributed by atoms with Gasteiger partial charge in [-0.05, 0) is 25.0 Å². The molecular weight excluding hydrogens is 263 g/mol. The second-order valence-corrected chi connectivity index (χ2v) is 5.11. The smallest absolute Gasteiger partial charge is 0.314 e. The van der Waals surface area contributed by atoms with Gasteiger partial charge in [-0.2, -0.15) is 0 Å². The second-order valence-electron chi connectivity index (χ2n) is 5.11. The number of carbonyl (C=O) groups is 1. The van der Waals surface area contributed by atoms with E-state index < -0.39 is 17.2 Å². The first-order valence-corrected chi connectivity index (χ1v) is 6.71. The minimum atomic E-state index is -1.13. The van der Waals surface area contributed by atoms with E-state index in [-0.39, 0.29) is 5.75 Å². The number of halogens is 1. The van der Waals surface area contributed by atoms with Gasteiger partial charge in [0.15, 0.2) is 11.6 Å². The van der Waals surface area contributed by atoms with Crippen molar-refractivity contribution in [2.45, 2.75) is 37.5 Å². The molecule has 0 unspecified atom stereocenters. The van der Waals surface area contributed by atoms with Gasteiger partial charge in [0.2, 0.25) is 0 Å². The summed E-state index contributed by atoms with van der Waals surface area (Å²) in [5, 5.41) is 9.74. The van der Waals surface area contributed by atoms with Crippen LogP contribution >= 0.6 is 0 Å². The summed E-state index contributed by atoms with van der Waals surface area (Å²) in [6.45, 7) is 0. The molecule has 1 aromatic carbocycles. The van der Waals surface area contributed by atoms with E-state index in [4.69, 9.17) is 9.47 Å². The maximum Gasteiger partial charge on any atom is 0.314 e. The largest absolute Gasteiger partial charge is 0.496 e. The van der Waals surface area contributed by atoms with Gasteiger partial charge >= 0.3 is 5.97 Å². The molecule has 1 aromatic rings. The van der Waals surface area contributed by atoms with Crippen LogP contribution in [-0.4, -0.2) is 25.3 Å². The average molecular weight is 282 g/mol. The fourth-order valence-corrected chi connectivity index (χ4v) is 3.09. The normalized spacial score (nSPS) is 17.6. The lowest BCUT2D eigenvalue weighted by atomic mass is 9.68. The molecule has 1 fully saturated rings. The molecule has 5 heteroatoms. The molecule has 0 aliphatic heterocycles. The van der Waals surface area contributed by atoms with Crippen LogP contribution in [0.15, 0.2) is 12.1 Å². The van der Waals surface area contributed by atoms with Gasteiger partial charge in [-0.3, -0.25) is 4.79 Å². The molecule has 1 saturated carbocycles. The first kappa shape index (κ1) is 14.6. The van der Waals surface area contributed by atoms with Crippen LogP contribution in [0.1, 0.15) is 37.7 Å². The number of hydrogen-bond acceptors (Lipinski definition) is 3. The highest BCUT2D eigenvalue weighted by Gasteiger charge is 2.46. The van der Waals surface area contributed by atoms with Crippen molar-refractivity contribution < 1.29 is 23.8 Å². The van der Waals surface area contributed by atoms with Crippen LogP contribution in [0.4, 0.5) is 4.39 Å². The van der Waals surface area contributed by atoms with Crippen molar-refractivity contribution in [2.24, 2.45) is 0 Å². The molecule has 20 heavy (non-hydrogen) atoms. The maximum absolute atomic E-state index is 14.0. The van der Waals surface area contributed by atoms with E-state index in [1.165, 1.54) is 26.4 Å². The molecule has 1 N–H and O–H groups in total. The molecular formula is C15H19FO4. The van der Waals surface area contributed by atoms with Crippen LogP contribution in [-0.2, 0) is 10.2 Å². The summed E-state index contributed by atoms with van der Waals surface area (Å²) in [7, 11) is 2.80. The number of hydrogen-bond donors (Lipinski definition) is 1. The standard InChI is InChI=1S/C15H19FO4/c1-19-11-7-6-10(16)13(20-2)12(11)15(14(17)18)8-4-3-5-9-15/h6-7H,3-5,8-9H2,1-2H3,(H,17,18). The molecule has 0 radical (unpaired) electrons. The lowest BCUT2D eigenvalue weighted by molar-refractivity contribution is -0.145. The van der Waals surface area contributed by atoms with E-state index in [2.05, 4.69) is 0 Å². The number of methoxy groups -OCH3 is 2. The highest BCUT2D eigenvalue weighted by atomic mass is 19.1. The minimum absolute atomic E-state index is 0.0198. The lowest BCUT2D eigenvalue weighted by Crippen LogP contribution is -2.38. The summed E-state index contributed by atoms with van der Waals surface area (Å²) in [4.78, 5) is 11.9. The Morgan fingerprint density at radius 1 is 1.20 bits per heavy atom. The number of rotatable bonds is 4. The van der Waals surface area contributed by atoms with Gasteiger partial charge in [-0.25, -0.2) is 4.39 Å². The van der Waals surface area contributed by atoms with Crippen molar-refractivity contribution in [3.63, 3.8) is 0 Å². The van der Waals surface area contributed by atoms with Crippen LogP contribution in [0.5, 0.6) is 11.5 Å². The Kier molecular flexibility index (Phi) is 4.16. The second kappa shape index (κ2) is 5.69. The molecule has 0 saturated heterocycles. The fraction of sp³-hybridized carbons (Fsp3) is 0.533. The molecule has 0 bridgehead atoms. The maximum atomic E-state index is 14.0. The Morgan fingerprint density at radius 2 is 1.85 bits per heavy atom. The molecule has 4 nitrogen and oxygen atoms in total. The quantitative estimate of drug-likeness (QED) is 0.921. The summed E-state index contributed by atoms with van der Waals surface area (Å²) in [5.74, 6) is -1.16. The van der Waals surface area contributed by atoms with Crippen LogP contribution in [0.25, 0.3) is 0 Å². The zero-order valence-corrected chi connectivity index (χ0v) is 11.7. The Morgan fingerprint density at radius 3 is 2.35 bits per heavy atom. The number of carboxylic acid groups (broad SMARTS) is 1. The van der Waals surface area contributed by atoms with Crippen molar-refractivity contribution in [3.8, 4) is 11.5 Å². The first-order valence-electron chi connectivity index (χ1n) is 6.71. The predicted octanol–water partition coefficient (Wildman–Crippen LogP) is 3.13. The van der Waals surface area contributed by atoms with Gasteiger partial charge in [0.05, 0.1) is 19.8 Å². The molecule has 0 spiro atoms. The fourth-order valence-electron chi connectivity index (χ4n) is 3.09. The zero-order chi connectivity index (χ0) is 14.8. The molecule has 0 aromatic heterocycles. The van der Waals surface area contributed by atoms with Crippen LogP contribution < -0.4 is 9.47 Å². The molecule has 1 aliphatic rings. The molecule has 0 heterocycles. The van der Waals surface area contributed by atoms with Crippen molar-refractivity contribution in [2.75, 3.05) is 14.2 Å². The SMILES string of the molecule is COc1ccc(F)c(OC)c1C1(C(=O)O)CCCCC1. The first-order chi connectivity index (χ1) is 9.56. The van der Waals surface area contributed by atoms with Gasteiger partial charge in [-0.1, -0.05) is 19.3 Å². The highest BCUT2D eigenvalue weighted by Crippen LogP contribution is 2.48. The topological polar surface area (TPSA) is 55.8 Å². The third kappa shape index (κ3) is 2.21. The lowest BCUT2D eigenvalue weighted by Gasteiger charge is -2.35. The Hall–Kier alpha value is -1.78. The van der Waals surface area contributed by atoms with E-state index in [9.17, 15) is 14.3 Å². The molecule has 1 aliphatic carbocycles. The monoisotopic (exact) mass is 282 g/mol. The van der Waals surface area contributed by atoms with Crippen molar-refractivity contribution in [3.05, 3.63) is 23.5 Å². The summed E-state index contributed by atoms with van der Waals surface area (Å²) in [5.41, 5.74) is -0.800. The summed E-state index contributed by atoms with van der Waals surface area (Å²) >= 11 is 0. The Bertz CT molecular complexity index is 507. The molecule has 0 atom stereocenters. The van der Waals surface area contributed by atoms with Crippen LogP contribution in [0.2, 0.25) is 0 Å². The van der Waals surface area contributed by atoms with Gasteiger partial charge in [0.25, 0.3) is 0 Å². The summed E-state index contributed by atoms with van der Waals surface area (Å²) < 4.78 is 24.4. The van der Waals surface area contributed by atoms with Gasteiger partial charge < -0.3 is 14.6 Å². The van der Waals surface area contributed by atoms with E-state index in [1.54, 1.807) is 0 Å².